The zero-order valence-corrected chi connectivity index (χ0v) is 11.7. The Kier molecular flexibility index (Phi) is 5.33. The van der Waals surface area contributed by atoms with Gasteiger partial charge in [-0.15, -0.1) is 0 Å². The highest BCUT2D eigenvalue weighted by Crippen LogP contribution is 2.16. The van der Waals surface area contributed by atoms with E-state index in [1.54, 1.807) is 0 Å². The molecule has 100 valence electrons. The van der Waals surface area contributed by atoms with Gasteiger partial charge in [-0.3, -0.25) is 4.79 Å². The van der Waals surface area contributed by atoms with Gasteiger partial charge >= 0.3 is 0 Å². The smallest absolute Gasteiger partial charge is 0.271 e. The number of amides is 1. The molecule has 0 aliphatic carbocycles. The monoisotopic (exact) mass is 311 g/mol. The number of nitrogens with zero attached hydrogens (tertiary/aromatic N) is 1. The Morgan fingerprint density at radius 2 is 2.06 bits per heavy atom. The van der Waals surface area contributed by atoms with E-state index in [-0.39, 0.29) is 28.2 Å². The molecule has 0 atom stereocenters. The molecule has 0 spiro atoms. The molecule has 9 heteroatoms. The molecule has 6 nitrogen and oxygen atoms in total. The van der Waals surface area contributed by atoms with E-state index in [9.17, 15) is 13.2 Å². The molecule has 0 fully saturated rings. The minimum Gasteiger partial charge on any atom is -0.350 e. The second-order valence-corrected chi connectivity index (χ2v) is 6.08. The molecule has 0 aliphatic rings. The number of carbonyl (C=O) groups is 1. The van der Waals surface area contributed by atoms with Crippen LogP contribution < -0.4 is 10.0 Å². The van der Waals surface area contributed by atoms with E-state index < -0.39 is 15.9 Å². The molecule has 18 heavy (non-hydrogen) atoms. The molecule has 0 aliphatic heterocycles. The van der Waals surface area contributed by atoms with Crippen molar-refractivity contribution >= 4 is 39.1 Å². The third-order valence-electron chi connectivity index (χ3n) is 1.99. The van der Waals surface area contributed by atoms with Gasteiger partial charge in [0.25, 0.3) is 5.91 Å². The molecule has 2 N–H and O–H groups in total. The first-order valence-corrected chi connectivity index (χ1v) is 7.28. The normalized spacial score (nSPS) is 11.3. The van der Waals surface area contributed by atoms with Gasteiger partial charge in [-0.2, -0.15) is 0 Å². The fourth-order valence-corrected chi connectivity index (χ4v) is 1.98. The maximum Gasteiger partial charge on any atom is 0.271 e. The fourth-order valence-electron chi connectivity index (χ4n) is 1.06. The summed E-state index contributed by atoms with van der Waals surface area (Å²) in [6.45, 7) is -0.0491. The lowest BCUT2D eigenvalue weighted by molar-refractivity contribution is 0.0951. The summed E-state index contributed by atoms with van der Waals surface area (Å²) in [5.41, 5.74) is -0.0361. The SMILES string of the molecule is CNS(=O)(=O)CCNC(=O)c1nc(Cl)ccc1Cl. The lowest BCUT2D eigenvalue weighted by atomic mass is 10.3. The van der Waals surface area contributed by atoms with E-state index >= 15 is 0 Å². The van der Waals surface area contributed by atoms with Crippen LogP contribution in [0.3, 0.4) is 0 Å². The van der Waals surface area contributed by atoms with Gasteiger partial charge < -0.3 is 5.32 Å². The van der Waals surface area contributed by atoms with Crippen molar-refractivity contribution in [3.05, 3.63) is 28.0 Å². The van der Waals surface area contributed by atoms with Gasteiger partial charge in [-0.05, 0) is 19.2 Å². The molecular formula is C9H11Cl2N3O3S. The van der Waals surface area contributed by atoms with Gasteiger partial charge in [0, 0.05) is 6.54 Å². The summed E-state index contributed by atoms with van der Waals surface area (Å²) in [7, 11) is -2.06. The highest BCUT2D eigenvalue weighted by atomic mass is 35.5. The lowest BCUT2D eigenvalue weighted by Crippen LogP contribution is -2.33. The molecule has 1 aromatic rings. The fraction of sp³-hybridized carbons (Fsp3) is 0.333. The average Bonchev–Trinajstić information content (AvgIpc) is 2.32. The van der Waals surface area contributed by atoms with Crippen molar-refractivity contribution < 1.29 is 13.2 Å². The molecule has 0 aromatic carbocycles. The summed E-state index contributed by atoms with van der Waals surface area (Å²) in [4.78, 5) is 15.4. The van der Waals surface area contributed by atoms with Crippen LogP contribution in [0.15, 0.2) is 12.1 Å². The van der Waals surface area contributed by atoms with Crippen molar-refractivity contribution in [2.24, 2.45) is 0 Å². The van der Waals surface area contributed by atoms with Gasteiger partial charge in [0.15, 0.2) is 0 Å². The second-order valence-electron chi connectivity index (χ2n) is 3.24. The summed E-state index contributed by atoms with van der Waals surface area (Å²) in [5, 5.41) is 2.67. The lowest BCUT2D eigenvalue weighted by Gasteiger charge is -2.06. The topological polar surface area (TPSA) is 88.2 Å². The van der Waals surface area contributed by atoms with E-state index in [1.165, 1.54) is 19.2 Å². The molecule has 1 amide bonds. The van der Waals surface area contributed by atoms with Crippen LogP contribution in [0.4, 0.5) is 0 Å². The number of pyridine rings is 1. The van der Waals surface area contributed by atoms with Crippen molar-refractivity contribution in [2.75, 3.05) is 19.3 Å². The summed E-state index contributed by atoms with van der Waals surface area (Å²) >= 11 is 11.4. The van der Waals surface area contributed by atoms with E-state index in [2.05, 4.69) is 15.0 Å². The maximum absolute atomic E-state index is 11.7. The van der Waals surface area contributed by atoms with Gasteiger partial charge in [-0.25, -0.2) is 18.1 Å². The van der Waals surface area contributed by atoms with Gasteiger partial charge in [0.05, 0.1) is 10.8 Å². The summed E-state index contributed by atoms with van der Waals surface area (Å²) < 4.78 is 24.4. The molecule has 0 radical (unpaired) electrons. The number of halogens is 2. The Morgan fingerprint density at radius 1 is 1.39 bits per heavy atom. The molecule has 0 bridgehead atoms. The van der Waals surface area contributed by atoms with Crippen molar-refractivity contribution in [3.8, 4) is 0 Å². The second kappa shape index (κ2) is 6.33. The number of sulfonamides is 1. The third-order valence-corrected chi connectivity index (χ3v) is 3.87. The van der Waals surface area contributed by atoms with Crippen LogP contribution in [0.1, 0.15) is 10.5 Å². The van der Waals surface area contributed by atoms with Crippen LogP contribution >= 0.6 is 23.2 Å². The van der Waals surface area contributed by atoms with Crippen LogP contribution in [0, 0.1) is 0 Å². The van der Waals surface area contributed by atoms with E-state index in [4.69, 9.17) is 23.2 Å². The van der Waals surface area contributed by atoms with Crippen molar-refractivity contribution in [3.63, 3.8) is 0 Å². The Labute approximate surface area is 115 Å². The Hall–Kier alpha value is -0.890. The average molecular weight is 312 g/mol. The van der Waals surface area contributed by atoms with Crippen LogP contribution in [-0.2, 0) is 10.0 Å². The van der Waals surface area contributed by atoms with Gasteiger partial charge in [0.1, 0.15) is 10.8 Å². The highest BCUT2D eigenvalue weighted by Gasteiger charge is 2.14. The first-order valence-electron chi connectivity index (χ1n) is 4.87. The molecular weight excluding hydrogens is 301 g/mol. The minimum atomic E-state index is -3.36. The van der Waals surface area contributed by atoms with Crippen molar-refractivity contribution in [2.45, 2.75) is 0 Å². The minimum absolute atomic E-state index is 0.0361. The Morgan fingerprint density at radius 3 is 2.67 bits per heavy atom. The summed E-state index contributed by atoms with van der Waals surface area (Å²) in [6, 6.07) is 2.89. The van der Waals surface area contributed by atoms with E-state index in [1.807, 2.05) is 0 Å². The van der Waals surface area contributed by atoms with Gasteiger partial charge in [-0.1, -0.05) is 23.2 Å². The van der Waals surface area contributed by atoms with Crippen LogP contribution in [0.25, 0.3) is 0 Å². The van der Waals surface area contributed by atoms with E-state index in [0.29, 0.717) is 0 Å². The number of hydrogen-bond acceptors (Lipinski definition) is 4. The van der Waals surface area contributed by atoms with Crippen LogP contribution in [-0.4, -0.2) is 38.7 Å². The molecule has 1 heterocycles. The number of carbonyl (C=O) groups excluding carboxylic acids is 1. The zero-order chi connectivity index (χ0) is 13.8. The van der Waals surface area contributed by atoms with Crippen molar-refractivity contribution in [1.82, 2.24) is 15.0 Å². The maximum atomic E-state index is 11.7. The first-order chi connectivity index (χ1) is 8.35. The Balaban J connectivity index is 2.64. The van der Waals surface area contributed by atoms with Crippen LogP contribution in [0.2, 0.25) is 10.2 Å². The predicted molar refractivity (Wildman–Crippen MR) is 69.4 cm³/mol. The molecule has 0 saturated carbocycles. The highest BCUT2D eigenvalue weighted by molar-refractivity contribution is 7.89. The summed E-state index contributed by atoms with van der Waals surface area (Å²) in [5.74, 6) is -0.804. The first kappa shape index (κ1) is 15.2. The molecule has 1 aromatic heterocycles. The summed E-state index contributed by atoms with van der Waals surface area (Å²) in [6.07, 6.45) is 0. The van der Waals surface area contributed by atoms with Gasteiger partial charge in [0.2, 0.25) is 10.0 Å². The number of rotatable bonds is 5. The molecule has 1 rings (SSSR count). The largest absolute Gasteiger partial charge is 0.350 e. The molecule has 0 saturated heterocycles. The zero-order valence-electron chi connectivity index (χ0n) is 9.41. The quantitative estimate of drug-likeness (QED) is 0.782. The standard InChI is InChI=1S/C9H11Cl2N3O3S/c1-12-18(16,17)5-4-13-9(15)8-6(10)2-3-7(11)14-8/h2-3,12H,4-5H2,1H3,(H,13,15). The Bertz CT molecular complexity index is 548. The number of nitrogens with one attached hydrogen (secondary N) is 2. The number of aromatic nitrogens is 1. The van der Waals surface area contributed by atoms with E-state index in [0.717, 1.165) is 0 Å². The third kappa shape index (κ3) is 4.41. The van der Waals surface area contributed by atoms with Crippen molar-refractivity contribution in [1.29, 1.82) is 0 Å². The molecule has 0 unspecified atom stereocenters. The van der Waals surface area contributed by atoms with Crippen LogP contribution in [0.5, 0.6) is 0 Å². The predicted octanol–water partition coefficient (Wildman–Crippen LogP) is 0.667. The number of hydrogen-bond donors (Lipinski definition) is 2.